The fraction of sp³-hybridized carbons (Fsp3) is 0.246. The van der Waals surface area contributed by atoms with Gasteiger partial charge in [0.05, 0.1) is 55.4 Å². The SMILES string of the molecule is [2H]c1c([2H])c([2H])c2c(c1[2H])c1c([2H])c([2H])c([2H])c([2H])c1n2-c1ccc2c(c1)N(c1c(-c3cc(C(C)(C)C)nc(C(C)(C)C)c3)cccc1-c1cc(C(C)(C)C)nc(C(C)(C)C)c1)c1cc(-c3ccc4c(c3)c3ccccc3n4-c3ccccc3)cc3c1B2c1ccc(-c2ccc4c(c2)c2ccccc2n4-c2ccccc2)cc1N3c1c(-c2cc(C(C)(C)C)nc(C(C)(C)C)c2)cccc1-c1cc(C(C)(C)C)nc(C(C)(C)C)c1. The van der Waals surface area contributed by atoms with Gasteiger partial charge >= 0.3 is 0 Å². The highest BCUT2D eigenvalue weighted by molar-refractivity contribution is 7.00. The molecule has 140 heavy (non-hydrogen) atoms. The van der Waals surface area contributed by atoms with Gasteiger partial charge in [0.25, 0.3) is 6.71 Å². The highest BCUT2D eigenvalue weighted by atomic mass is 15.2. The van der Waals surface area contributed by atoms with Crippen LogP contribution in [0.25, 0.3) is 149 Å². The summed E-state index contributed by atoms with van der Waals surface area (Å²) in [6.07, 6.45) is 0. The number of aromatic nitrogens is 7. The quantitative estimate of drug-likeness (QED) is 0.120. The molecule has 20 aromatic rings. The van der Waals surface area contributed by atoms with Crippen molar-refractivity contribution in [3.05, 3.63) is 373 Å². The van der Waals surface area contributed by atoms with Crippen molar-refractivity contribution in [2.75, 3.05) is 9.80 Å². The second kappa shape index (κ2) is 32.6. The van der Waals surface area contributed by atoms with E-state index in [1.807, 2.05) is 6.07 Å². The van der Waals surface area contributed by atoms with Crippen LogP contribution >= 0.6 is 0 Å². The third kappa shape index (κ3) is 15.5. The van der Waals surface area contributed by atoms with Crippen molar-refractivity contribution in [3.8, 4) is 83.8 Å². The van der Waals surface area contributed by atoms with E-state index in [0.29, 0.717) is 11.4 Å². The van der Waals surface area contributed by atoms with Gasteiger partial charge in [0.1, 0.15) is 0 Å². The van der Waals surface area contributed by atoms with Crippen LogP contribution in [0.5, 0.6) is 0 Å². The van der Waals surface area contributed by atoms with Crippen LogP contribution in [0.1, 0.15) is 223 Å². The van der Waals surface area contributed by atoms with Gasteiger partial charge < -0.3 is 23.5 Å². The Balaban J connectivity index is 0.982. The summed E-state index contributed by atoms with van der Waals surface area (Å²) in [6.45, 7) is 53.3. The molecule has 22 rings (SSSR count). The summed E-state index contributed by atoms with van der Waals surface area (Å²) < 4.78 is 85.1. The van der Waals surface area contributed by atoms with E-state index in [1.165, 1.54) is 0 Å². The van der Waals surface area contributed by atoms with Crippen molar-refractivity contribution in [3.63, 3.8) is 0 Å². The lowest BCUT2D eigenvalue weighted by Gasteiger charge is -2.46. The van der Waals surface area contributed by atoms with Gasteiger partial charge in [-0.25, -0.2) is 0 Å². The summed E-state index contributed by atoms with van der Waals surface area (Å²) in [5.74, 6) is 0. The molecule has 0 amide bonds. The van der Waals surface area contributed by atoms with Crippen LogP contribution in [-0.4, -0.2) is 40.3 Å². The monoisotopic (exact) mass is 1830 g/mol. The fourth-order valence-electron chi connectivity index (χ4n) is 21.0. The summed E-state index contributed by atoms with van der Waals surface area (Å²) in [5, 5.41) is 4.32. The van der Waals surface area contributed by atoms with E-state index in [0.717, 1.165) is 212 Å². The molecule has 0 aliphatic carbocycles. The first kappa shape index (κ1) is 81.5. The smallest absolute Gasteiger partial charge is 0.252 e. The number of rotatable bonds is 11. The molecule has 9 nitrogen and oxygen atoms in total. The number of hydrogen-bond donors (Lipinski definition) is 0. The van der Waals surface area contributed by atoms with Crippen LogP contribution in [-0.2, 0) is 43.3 Å². The first-order valence-electron chi connectivity index (χ1n) is 53.4. The van der Waals surface area contributed by atoms with E-state index in [1.54, 1.807) is 4.57 Å². The topological polar surface area (TPSA) is 72.8 Å². The predicted molar refractivity (Wildman–Crippen MR) is 597 cm³/mol. The zero-order valence-corrected chi connectivity index (χ0v) is 85.2. The molecule has 0 saturated carbocycles. The van der Waals surface area contributed by atoms with Gasteiger partial charge in [-0.3, -0.25) is 19.9 Å². The van der Waals surface area contributed by atoms with E-state index in [-0.39, 0.29) is 21.8 Å². The number of hydrogen-bond acceptors (Lipinski definition) is 6. The van der Waals surface area contributed by atoms with Crippen molar-refractivity contribution >= 4 is 123 Å². The average molecular weight is 1830 g/mol. The first-order valence-corrected chi connectivity index (χ1v) is 49.4. The third-order valence-electron chi connectivity index (χ3n) is 28.6. The van der Waals surface area contributed by atoms with Gasteiger partial charge in [0.15, 0.2) is 0 Å². The molecular weight excluding hydrogens is 1700 g/mol. The van der Waals surface area contributed by atoms with Crippen molar-refractivity contribution in [2.24, 2.45) is 0 Å². The number of nitrogens with zero attached hydrogens (tertiary/aromatic N) is 9. The standard InChI is InChI=1S/C130H126BN9/c1-123(2,3)112-70-83(71-113(132-112)124(4,5)6)90-49-39-50-91(84-72-114(125(7,8)9)133-115(73-84)126(10,11)12)121(90)139-108-67-81(79-58-63-106-98(65-79)96-47-33-37-55-104(96)136(106)87-41-27-25-28-42-87)57-61-100(108)131-101-62-60-89(138-102-53-35-31-45-94(102)95-46-32-36-54-103(95)138)78-109(101)140(111-69-82(68-110(139)120(111)131)80-59-64-107-99(66-80)97-48-34-38-56-105(97)137(107)88-43-29-26-30-44-88)122-92(85-74-116(127(13,14)15)134-117(75-85)128(16,17)18)51-40-52-93(122)86-76-118(129(19,20)21)135-119(77-86)130(22,23)24/h25-78H,1-24H3/i31D,32D,35D,36D,45D,46D,53D,54D. The van der Waals surface area contributed by atoms with Crippen LogP contribution in [0.2, 0.25) is 0 Å². The summed E-state index contributed by atoms with van der Waals surface area (Å²) in [5.41, 5.74) is 29.9. The summed E-state index contributed by atoms with van der Waals surface area (Å²) in [6, 6.07) is 99.6. The number of pyridine rings is 4. The molecule has 2 aliphatic heterocycles. The van der Waals surface area contributed by atoms with Gasteiger partial charge in [-0.1, -0.05) is 342 Å². The Morgan fingerprint density at radius 3 is 0.857 bits per heavy atom. The van der Waals surface area contributed by atoms with Crippen molar-refractivity contribution in [1.82, 2.24) is 33.6 Å². The molecule has 0 saturated heterocycles. The minimum Gasteiger partial charge on any atom is -0.310 e. The van der Waals surface area contributed by atoms with Gasteiger partial charge in [0, 0.05) is 183 Å². The van der Waals surface area contributed by atoms with E-state index in [9.17, 15) is 11.0 Å². The van der Waals surface area contributed by atoms with Gasteiger partial charge in [-0.05, 0) is 213 Å². The van der Waals surface area contributed by atoms with Crippen molar-refractivity contribution in [1.29, 1.82) is 0 Å². The molecule has 0 bridgehead atoms. The van der Waals surface area contributed by atoms with Gasteiger partial charge in [-0.15, -0.1) is 0 Å². The molecule has 0 atom stereocenters. The predicted octanol–water partition coefficient (Wildman–Crippen LogP) is 33.0. The Labute approximate surface area is 838 Å². The van der Waals surface area contributed by atoms with Gasteiger partial charge in [-0.2, -0.15) is 0 Å². The Morgan fingerprint density at radius 1 is 0.214 bits per heavy atom. The maximum absolute atomic E-state index is 10.3. The number of benzene rings is 13. The van der Waals surface area contributed by atoms with Gasteiger partial charge in [0.2, 0.25) is 0 Å². The van der Waals surface area contributed by atoms with E-state index in [4.69, 9.17) is 19.9 Å². The first-order chi connectivity index (χ1) is 69.8. The molecule has 0 fully saturated rings. The Morgan fingerprint density at radius 2 is 0.500 bits per heavy atom. The van der Waals surface area contributed by atoms with E-state index >= 15 is 0 Å². The molecule has 9 heterocycles. The zero-order chi connectivity index (χ0) is 105. The Kier molecular flexibility index (Phi) is 19.0. The lowest BCUT2D eigenvalue weighted by molar-refractivity contribution is 0.531. The van der Waals surface area contributed by atoms with Crippen LogP contribution in [0, 0.1) is 0 Å². The molecule has 13 aromatic carbocycles. The number of anilines is 6. The maximum atomic E-state index is 10.3. The molecule has 0 radical (unpaired) electrons. The number of fused-ring (bicyclic) bond motifs is 13. The highest BCUT2D eigenvalue weighted by Gasteiger charge is 2.47. The van der Waals surface area contributed by atoms with Crippen LogP contribution < -0.4 is 26.2 Å². The van der Waals surface area contributed by atoms with Crippen molar-refractivity contribution in [2.45, 2.75) is 209 Å². The summed E-state index contributed by atoms with van der Waals surface area (Å²) in [7, 11) is 0. The normalized spacial score (nSPS) is 14.2. The molecule has 694 valence electrons. The molecular formula is C130H126BN9. The lowest BCUT2D eigenvalue weighted by atomic mass is 9.33. The van der Waals surface area contributed by atoms with Crippen molar-refractivity contribution < 1.29 is 11.0 Å². The Hall–Kier alpha value is -14.5. The molecule has 10 heteroatoms. The second-order valence-corrected chi connectivity index (χ2v) is 47.1. The minimum atomic E-state index is -0.667. The second-order valence-electron chi connectivity index (χ2n) is 47.1. The lowest BCUT2D eigenvalue weighted by Crippen LogP contribution is -2.61. The van der Waals surface area contributed by atoms with Crippen LogP contribution in [0.3, 0.4) is 0 Å². The summed E-state index contributed by atoms with van der Waals surface area (Å²) in [4.78, 5) is 27.8. The molecule has 0 unspecified atom stereocenters. The molecule has 0 spiro atoms. The molecule has 7 aromatic heterocycles. The maximum Gasteiger partial charge on any atom is 0.252 e. The Bertz CT molecular complexity index is 8590. The zero-order valence-electron chi connectivity index (χ0n) is 93.2. The third-order valence-corrected chi connectivity index (χ3v) is 28.6. The van der Waals surface area contributed by atoms with Crippen LogP contribution in [0.4, 0.5) is 34.1 Å². The average Bonchev–Trinajstić information content (AvgIpc) is 0.965. The van der Waals surface area contributed by atoms with E-state index in [2.05, 4.69) is 458 Å². The number of para-hydroxylation sites is 8. The van der Waals surface area contributed by atoms with E-state index < -0.39 is 98.4 Å². The highest BCUT2D eigenvalue weighted by Crippen LogP contribution is 2.57. The molecule has 0 N–H and O–H groups in total. The minimum absolute atomic E-state index is 0.00754. The fourth-order valence-corrected chi connectivity index (χ4v) is 21.0. The molecule has 2 aliphatic rings. The largest absolute Gasteiger partial charge is 0.310 e. The van der Waals surface area contributed by atoms with Crippen LogP contribution in [0.15, 0.2) is 327 Å². The summed E-state index contributed by atoms with van der Waals surface area (Å²) >= 11 is 0.